The molecular formula is C20H20N2O4S. The van der Waals surface area contributed by atoms with Crippen LogP contribution in [0.4, 0.5) is 5.69 Å². The Morgan fingerprint density at radius 3 is 2.52 bits per heavy atom. The third-order valence-corrected chi connectivity index (χ3v) is 6.03. The molecule has 140 valence electrons. The quantitative estimate of drug-likeness (QED) is 0.682. The second-order valence-electron chi connectivity index (χ2n) is 6.10. The normalized spacial score (nSPS) is 12.1. The lowest BCUT2D eigenvalue weighted by molar-refractivity contribution is 0.400. The van der Waals surface area contributed by atoms with Gasteiger partial charge in [0.25, 0.3) is 0 Å². The van der Waals surface area contributed by atoms with E-state index in [0.29, 0.717) is 11.3 Å². The van der Waals surface area contributed by atoms with E-state index in [1.807, 2.05) is 30.3 Å². The predicted molar refractivity (Wildman–Crippen MR) is 107 cm³/mol. The molecule has 27 heavy (non-hydrogen) atoms. The molecule has 0 heterocycles. The van der Waals surface area contributed by atoms with Gasteiger partial charge >= 0.3 is 0 Å². The maximum absolute atomic E-state index is 12.5. The zero-order chi connectivity index (χ0) is 19.6. The van der Waals surface area contributed by atoms with Gasteiger partial charge < -0.3 is 9.84 Å². The van der Waals surface area contributed by atoms with Gasteiger partial charge in [-0.05, 0) is 35.0 Å². The molecule has 1 N–H and O–H groups in total. The molecule has 3 rings (SSSR count). The molecule has 0 aliphatic carbocycles. The lowest BCUT2D eigenvalue weighted by Gasteiger charge is -2.14. The highest BCUT2D eigenvalue weighted by atomic mass is 32.2. The van der Waals surface area contributed by atoms with Gasteiger partial charge in [0.2, 0.25) is 10.0 Å². The molecule has 0 aliphatic heterocycles. The van der Waals surface area contributed by atoms with Gasteiger partial charge in [0.15, 0.2) is 0 Å². The number of phenolic OH excluding ortho intramolecular Hbond substituents is 1. The largest absolute Gasteiger partial charge is 0.507 e. The number of methoxy groups -OCH3 is 1. The van der Waals surface area contributed by atoms with Crippen molar-refractivity contribution in [3.05, 3.63) is 60.2 Å². The molecule has 7 heteroatoms. The van der Waals surface area contributed by atoms with Crippen molar-refractivity contribution >= 4 is 32.7 Å². The lowest BCUT2D eigenvalue weighted by atomic mass is 10.0. The fourth-order valence-electron chi connectivity index (χ4n) is 2.70. The Kier molecular flexibility index (Phi) is 5.16. The van der Waals surface area contributed by atoms with Crippen molar-refractivity contribution < 1.29 is 18.3 Å². The number of nitrogens with zero attached hydrogens (tertiary/aromatic N) is 2. The maximum Gasteiger partial charge on any atom is 0.246 e. The monoisotopic (exact) mass is 384 g/mol. The number of hydrogen-bond acceptors (Lipinski definition) is 5. The van der Waals surface area contributed by atoms with Crippen LogP contribution in [0.5, 0.6) is 11.5 Å². The van der Waals surface area contributed by atoms with E-state index >= 15 is 0 Å². The number of aliphatic imine (C=N–C) groups is 1. The van der Waals surface area contributed by atoms with Crippen LogP contribution in [-0.4, -0.2) is 45.2 Å². The van der Waals surface area contributed by atoms with E-state index in [1.165, 1.54) is 33.5 Å². The highest BCUT2D eigenvalue weighted by Gasteiger charge is 2.22. The zero-order valence-electron chi connectivity index (χ0n) is 15.2. The van der Waals surface area contributed by atoms with E-state index in [-0.39, 0.29) is 16.4 Å². The van der Waals surface area contributed by atoms with E-state index in [4.69, 9.17) is 4.74 Å². The van der Waals surface area contributed by atoms with Crippen molar-refractivity contribution in [2.75, 3.05) is 21.2 Å². The average Bonchev–Trinajstić information content (AvgIpc) is 2.66. The lowest BCUT2D eigenvalue weighted by Crippen LogP contribution is -2.22. The summed E-state index contributed by atoms with van der Waals surface area (Å²) in [5.74, 6) is 0.350. The van der Waals surface area contributed by atoms with E-state index in [2.05, 4.69) is 4.99 Å². The van der Waals surface area contributed by atoms with Crippen LogP contribution in [0.25, 0.3) is 10.8 Å². The molecule has 0 amide bonds. The summed E-state index contributed by atoms with van der Waals surface area (Å²) in [7, 11) is 0.649. The number of hydrogen-bond donors (Lipinski definition) is 1. The van der Waals surface area contributed by atoms with Crippen LogP contribution in [-0.2, 0) is 10.0 Å². The molecule has 0 radical (unpaired) electrons. The minimum Gasteiger partial charge on any atom is -0.507 e. The fourth-order valence-corrected chi connectivity index (χ4v) is 3.77. The highest BCUT2D eigenvalue weighted by Crippen LogP contribution is 2.31. The summed E-state index contributed by atoms with van der Waals surface area (Å²) in [5.41, 5.74) is 1.00. The highest BCUT2D eigenvalue weighted by molar-refractivity contribution is 7.89. The predicted octanol–water partition coefficient (Wildman–Crippen LogP) is 3.55. The molecule has 0 atom stereocenters. The number of phenols is 1. The minimum absolute atomic E-state index is 0.0341. The number of ether oxygens (including phenoxy) is 1. The third kappa shape index (κ3) is 3.65. The van der Waals surface area contributed by atoms with Crippen LogP contribution in [0.15, 0.2) is 64.5 Å². The van der Waals surface area contributed by atoms with Gasteiger partial charge in [0.1, 0.15) is 16.4 Å². The van der Waals surface area contributed by atoms with Crippen LogP contribution in [0.3, 0.4) is 0 Å². The van der Waals surface area contributed by atoms with Crippen molar-refractivity contribution in [1.82, 2.24) is 4.31 Å². The van der Waals surface area contributed by atoms with Crippen molar-refractivity contribution in [2.45, 2.75) is 4.90 Å². The van der Waals surface area contributed by atoms with Crippen molar-refractivity contribution in [3.8, 4) is 11.5 Å². The van der Waals surface area contributed by atoms with Crippen LogP contribution in [0.2, 0.25) is 0 Å². The standard InChI is InChI=1S/C20H20N2O4S/c1-22(2)27(24,25)20-12-15(9-11-19(20)26-3)21-13-17-16-7-5-4-6-14(16)8-10-18(17)23/h4-13,23H,1-3H3. The van der Waals surface area contributed by atoms with Gasteiger partial charge in [0, 0.05) is 25.9 Å². The molecule has 0 bridgehead atoms. The SMILES string of the molecule is COc1ccc(N=Cc2c(O)ccc3ccccc23)cc1S(=O)(=O)N(C)C. The Balaban J connectivity index is 2.08. The van der Waals surface area contributed by atoms with E-state index < -0.39 is 10.0 Å². The summed E-state index contributed by atoms with van der Waals surface area (Å²) in [6.45, 7) is 0. The average molecular weight is 384 g/mol. The summed E-state index contributed by atoms with van der Waals surface area (Å²) in [4.78, 5) is 4.41. The smallest absolute Gasteiger partial charge is 0.246 e. The Bertz CT molecular complexity index is 1120. The number of benzene rings is 3. The number of aromatic hydroxyl groups is 1. The summed E-state index contributed by atoms with van der Waals surface area (Å²) < 4.78 is 31.3. The molecule has 0 aliphatic rings. The fraction of sp³-hybridized carbons (Fsp3) is 0.150. The Hall–Kier alpha value is -2.90. The Morgan fingerprint density at radius 1 is 1.07 bits per heavy atom. The third-order valence-electron chi connectivity index (χ3n) is 4.20. The molecule has 0 spiro atoms. The van der Waals surface area contributed by atoms with E-state index in [0.717, 1.165) is 15.1 Å². The summed E-state index contributed by atoms with van der Waals surface area (Å²) in [6, 6.07) is 15.8. The van der Waals surface area contributed by atoms with Crippen LogP contribution in [0.1, 0.15) is 5.56 Å². The second kappa shape index (κ2) is 7.38. The van der Waals surface area contributed by atoms with Crippen molar-refractivity contribution in [2.24, 2.45) is 4.99 Å². The number of fused-ring (bicyclic) bond motifs is 1. The summed E-state index contributed by atoms with van der Waals surface area (Å²) in [5, 5.41) is 12.0. The second-order valence-corrected chi connectivity index (χ2v) is 8.22. The van der Waals surface area contributed by atoms with E-state index in [1.54, 1.807) is 18.2 Å². The molecule has 0 saturated heterocycles. The number of rotatable bonds is 5. The van der Waals surface area contributed by atoms with Crippen molar-refractivity contribution in [3.63, 3.8) is 0 Å². The first-order chi connectivity index (χ1) is 12.8. The van der Waals surface area contributed by atoms with Crippen LogP contribution in [0, 0.1) is 0 Å². The first-order valence-electron chi connectivity index (χ1n) is 8.20. The van der Waals surface area contributed by atoms with E-state index in [9.17, 15) is 13.5 Å². The molecular weight excluding hydrogens is 364 g/mol. The molecule has 0 unspecified atom stereocenters. The molecule has 0 fully saturated rings. The van der Waals surface area contributed by atoms with Gasteiger partial charge in [-0.15, -0.1) is 0 Å². The summed E-state index contributed by atoms with van der Waals surface area (Å²) in [6.07, 6.45) is 1.53. The zero-order valence-corrected chi connectivity index (χ0v) is 16.1. The van der Waals surface area contributed by atoms with Gasteiger partial charge in [-0.25, -0.2) is 12.7 Å². The maximum atomic E-state index is 12.5. The molecule has 0 saturated carbocycles. The topological polar surface area (TPSA) is 79.2 Å². The van der Waals surface area contributed by atoms with Gasteiger partial charge in [0.05, 0.1) is 12.8 Å². The Labute approximate surface area is 158 Å². The minimum atomic E-state index is -3.68. The van der Waals surface area contributed by atoms with Gasteiger partial charge in [-0.3, -0.25) is 4.99 Å². The Morgan fingerprint density at radius 2 is 1.81 bits per heavy atom. The first-order valence-corrected chi connectivity index (χ1v) is 9.64. The van der Waals surface area contributed by atoms with Gasteiger partial charge in [-0.2, -0.15) is 0 Å². The molecule has 3 aromatic rings. The molecule has 0 aromatic heterocycles. The number of sulfonamides is 1. The van der Waals surface area contributed by atoms with Crippen LogP contribution >= 0.6 is 0 Å². The molecule has 6 nitrogen and oxygen atoms in total. The first kappa shape index (κ1) is 18.9. The van der Waals surface area contributed by atoms with Gasteiger partial charge in [-0.1, -0.05) is 30.3 Å². The van der Waals surface area contributed by atoms with Crippen LogP contribution < -0.4 is 4.74 Å². The summed E-state index contributed by atoms with van der Waals surface area (Å²) >= 11 is 0. The molecule has 3 aromatic carbocycles. The van der Waals surface area contributed by atoms with Crippen molar-refractivity contribution in [1.29, 1.82) is 0 Å².